The molecule has 0 amide bonds. The molecule has 2 nitrogen and oxygen atoms in total. The number of aromatic nitrogens is 1. The van der Waals surface area contributed by atoms with Gasteiger partial charge >= 0.3 is 0 Å². The van der Waals surface area contributed by atoms with Gasteiger partial charge in [0.25, 0.3) is 0 Å². The molecule has 1 aromatic heterocycles. The van der Waals surface area contributed by atoms with E-state index in [0.29, 0.717) is 12.1 Å². The summed E-state index contributed by atoms with van der Waals surface area (Å²) in [5.74, 6) is -0.432. The second-order valence-electron chi connectivity index (χ2n) is 2.87. The van der Waals surface area contributed by atoms with E-state index in [4.69, 9.17) is 5.73 Å². The summed E-state index contributed by atoms with van der Waals surface area (Å²) in [6.07, 6.45) is 5.82. The Labute approximate surface area is 77.3 Å². The molecule has 0 saturated carbocycles. The highest BCUT2D eigenvalue weighted by Crippen LogP contribution is 2.08. The van der Waals surface area contributed by atoms with Gasteiger partial charge in [0.15, 0.2) is 0 Å². The molecule has 0 aliphatic heterocycles. The molecular weight excluding hydrogens is 167 g/mol. The van der Waals surface area contributed by atoms with Crippen LogP contribution in [0.1, 0.15) is 17.5 Å². The van der Waals surface area contributed by atoms with Crippen molar-refractivity contribution >= 4 is 6.08 Å². The van der Waals surface area contributed by atoms with E-state index >= 15 is 0 Å². The molecule has 0 saturated heterocycles. The SMILES string of the molecule is Cc1cnc(F)c(C=CCCN)c1. The average molecular weight is 180 g/mol. The first-order valence-electron chi connectivity index (χ1n) is 4.23. The van der Waals surface area contributed by atoms with Crippen molar-refractivity contribution in [3.8, 4) is 0 Å². The monoisotopic (exact) mass is 180 g/mol. The molecular formula is C10H13FN2. The fourth-order valence-electron chi connectivity index (χ4n) is 0.999. The van der Waals surface area contributed by atoms with Gasteiger partial charge in [-0.1, -0.05) is 12.2 Å². The van der Waals surface area contributed by atoms with Crippen molar-refractivity contribution in [1.29, 1.82) is 0 Å². The van der Waals surface area contributed by atoms with E-state index in [9.17, 15) is 4.39 Å². The molecule has 3 heteroatoms. The minimum absolute atomic E-state index is 0.432. The van der Waals surface area contributed by atoms with Crippen LogP contribution in [-0.2, 0) is 0 Å². The predicted molar refractivity (Wildman–Crippen MR) is 51.6 cm³/mol. The Balaban J connectivity index is 2.81. The van der Waals surface area contributed by atoms with Crippen LogP contribution in [0.15, 0.2) is 18.3 Å². The highest BCUT2D eigenvalue weighted by molar-refractivity contribution is 5.49. The lowest BCUT2D eigenvalue weighted by molar-refractivity contribution is 0.580. The van der Waals surface area contributed by atoms with Crippen molar-refractivity contribution in [2.45, 2.75) is 13.3 Å². The van der Waals surface area contributed by atoms with Gasteiger partial charge in [-0.3, -0.25) is 0 Å². The van der Waals surface area contributed by atoms with Crippen molar-refractivity contribution in [2.24, 2.45) is 5.73 Å². The minimum atomic E-state index is -0.432. The third-order valence-corrected chi connectivity index (χ3v) is 1.63. The van der Waals surface area contributed by atoms with Gasteiger partial charge < -0.3 is 5.73 Å². The average Bonchev–Trinajstić information content (AvgIpc) is 2.11. The lowest BCUT2D eigenvalue weighted by atomic mass is 10.2. The number of hydrogen-bond donors (Lipinski definition) is 1. The molecule has 0 aliphatic carbocycles. The zero-order valence-corrected chi connectivity index (χ0v) is 7.63. The molecule has 0 aromatic carbocycles. The number of hydrogen-bond acceptors (Lipinski definition) is 2. The summed E-state index contributed by atoms with van der Waals surface area (Å²) in [6.45, 7) is 2.46. The van der Waals surface area contributed by atoms with Gasteiger partial charge in [-0.05, 0) is 31.5 Å². The van der Waals surface area contributed by atoms with Gasteiger partial charge in [-0.2, -0.15) is 4.39 Å². The molecule has 13 heavy (non-hydrogen) atoms. The Morgan fingerprint density at radius 2 is 2.38 bits per heavy atom. The van der Waals surface area contributed by atoms with Gasteiger partial charge in [0.1, 0.15) is 0 Å². The summed E-state index contributed by atoms with van der Waals surface area (Å²) in [4.78, 5) is 3.61. The molecule has 0 aliphatic rings. The lowest BCUT2D eigenvalue weighted by Gasteiger charge is -1.97. The molecule has 70 valence electrons. The number of pyridine rings is 1. The number of nitrogens with zero attached hydrogens (tertiary/aromatic N) is 1. The first-order valence-corrected chi connectivity index (χ1v) is 4.23. The summed E-state index contributed by atoms with van der Waals surface area (Å²) < 4.78 is 13.0. The molecule has 1 aromatic rings. The Morgan fingerprint density at radius 1 is 1.62 bits per heavy atom. The molecule has 0 spiro atoms. The summed E-state index contributed by atoms with van der Waals surface area (Å²) in [7, 11) is 0. The smallest absolute Gasteiger partial charge is 0.220 e. The van der Waals surface area contributed by atoms with E-state index in [-0.39, 0.29) is 0 Å². The number of halogens is 1. The van der Waals surface area contributed by atoms with Crippen molar-refractivity contribution in [3.05, 3.63) is 35.4 Å². The van der Waals surface area contributed by atoms with E-state index in [1.807, 2.05) is 13.0 Å². The van der Waals surface area contributed by atoms with Crippen molar-refractivity contribution in [2.75, 3.05) is 6.54 Å². The number of aryl methyl sites for hydroxylation is 1. The second-order valence-corrected chi connectivity index (χ2v) is 2.87. The van der Waals surface area contributed by atoms with Crippen LogP contribution in [0.25, 0.3) is 6.08 Å². The molecule has 1 heterocycles. The van der Waals surface area contributed by atoms with Crippen LogP contribution in [-0.4, -0.2) is 11.5 Å². The van der Waals surface area contributed by atoms with Crippen LogP contribution in [0.2, 0.25) is 0 Å². The quantitative estimate of drug-likeness (QED) is 0.721. The highest BCUT2D eigenvalue weighted by Gasteiger charge is 1.98. The second kappa shape index (κ2) is 4.72. The molecule has 0 atom stereocenters. The Kier molecular flexibility index (Phi) is 3.58. The van der Waals surface area contributed by atoms with Crippen LogP contribution >= 0.6 is 0 Å². The fourth-order valence-corrected chi connectivity index (χ4v) is 0.999. The molecule has 0 bridgehead atoms. The van der Waals surface area contributed by atoms with E-state index in [0.717, 1.165) is 12.0 Å². The molecule has 0 fully saturated rings. The van der Waals surface area contributed by atoms with Gasteiger partial charge in [0.05, 0.1) is 0 Å². The lowest BCUT2D eigenvalue weighted by Crippen LogP contribution is -1.95. The summed E-state index contributed by atoms with van der Waals surface area (Å²) >= 11 is 0. The van der Waals surface area contributed by atoms with Crippen LogP contribution in [0.3, 0.4) is 0 Å². The molecule has 0 unspecified atom stereocenters. The summed E-state index contributed by atoms with van der Waals surface area (Å²) in [5.41, 5.74) is 6.77. The van der Waals surface area contributed by atoms with Crippen LogP contribution in [0, 0.1) is 12.9 Å². The van der Waals surface area contributed by atoms with Crippen molar-refractivity contribution in [3.63, 3.8) is 0 Å². The van der Waals surface area contributed by atoms with Crippen molar-refractivity contribution < 1.29 is 4.39 Å². The van der Waals surface area contributed by atoms with Gasteiger partial charge in [-0.25, -0.2) is 4.98 Å². The maximum atomic E-state index is 13.0. The Hall–Kier alpha value is -1.22. The first kappa shape index (κ1) is 9.86. The minimum Gasteiger partial charge on any atom is -0.330 e. The Morgan fingerprint density at radius 3 is 3.08 bits per heavy atom. The van der Waals surface area contributed by atoms with E-state index < -0.39 is 5.95 Å². The van der Waals surface area contributed by atoms with E-state index in [1.54, 1.807) is 12.1 Å². The predicted octanol–water partition coefficient (Wildman–Crippen LogP) is 1.89. The standard InChI is InChI=1S/C10H13FN2/c1-8-6-9(4-2-3-5-12)10(11)13-7-8/h2,4,6-7H,3,5,12H2,1H3. The van der Waals surface area contributed by atoms with Crippen LogP contribution < -0.4 is 5.73 Å². The van der Waals surface area contributed by atoms with Gasteiger partial charge in [0, 0.05) is 11.8 Å². The largest absolute Gasteiger partial charge is 0.330 e. The maximum Gasteiger partial charge on any atom is 0.220 e. The maximum absolute atomic E-state index is 13.0. The first-order chi connectivity index (χ1) is 6.24. The third kappa shape index (κ3) is 2.95. The summed E-state index contributed by atoms with van der Waals surface area (Å²) in [5, 5.41) is 0. The number of nitrogens with two attached hydrogens (primary N) is 1. The fraction of sp³-hybridized carbons (Fsp3) is 0.300. The Bertz CT molecular complexity index is 308. The third-order valence-electron chi connectivity index (χ3n) is 1.63. The van der Waals surface area contributed by atoms with E-state index in [2.05, 4.69) is 4.98 Å². The summed E-state index contributed by atoms with van der Waals surface area (Å²) in [6, 6.07) is 1.76. The van der Waals surface area contributed by atoms with E-state index in [1.165, 1.54) is 6.20 Å². The molecule has 1 rings (SSSR count). The molecule has 2 N–H and O–H groups in total. The number of rotatable bonds is 3. The van der Waals surface area contributed by atoms with Gasteiger partial charge in [-0.15, -0.1) is 0 Å². The van der Waals surface area contributed by atoms with Crippen LogP contribution in [0.4, 0.5) is 4.39 Å². The normalized spacial score (nSPS) is 11.0. The van der Waals surface area contributed by atoms with Crippen molar-refractivity contribution in [1.82, 2.24) is 4.98 Å². The topological polar surface area (TPSA) is 38.9 Å². The van der Waals surface area contributed by atoms with Gasteiger partial charge in [0.2, 0.25) is 5.95 Å². The molecule has 0 radical (unpaired) electrons. The highest BCUT2D eigenvalue weighted by atomic mass is 19.1. The van der Waals surface area contributed by atoms with Crippen LogP contribution in [0.5, 0.6) is 0 Å². The zero-order valence-electron chi connectivity index (χ0n) is 7.63. The zero-order chi connectivity index (χ0) is 9.68.